The average Bonchev–Trinajstić information content (AvgIpc) is 3.74. The third-order valence-corrected chi connectivity index (χ3v) is 9.09. The van der Waals surface area contributed by atoms with E-state index < -0.39 is 27.0 Å². The van der Waals surface area contributed by atoms with E-state index in [1.807, 2.05) is 6.07 Å². The fourth-order valence-electron chi connectivity index (χ4n) is 4.47. The molecule has 2 aliphatic carbocycles. The lowest BCUT2D eigenvalue weighted by Crippen LogP contribution is -2.47. The first kappa shape index (κ1) is 22.7. The molecule has 4 heterocycles. The van der Waals surface area contributed by atoms with Crippen LogP contribution in [0.3, 0.4) is 0 Å². The molecule has 35 heavy (non-hydrogen) atoms. The van der Waals surface area contributed by atoms with Crippen LogP contribution in [0.5, 0.6) is 0 Å². The van der Waals surface area contributed by atoms with Crippen molar-refractivity contribution in [2.45, 2.75) is 48.6 Å². The molecular weight excluding hydrogens is 500 g/mol. The fraction of sp³-hybridized carbons (Fsp3) is 0.524. The summed E-state index contributed by atoms with van der Waals surface area (Å²) in [6.07, 6.45) is 3.28. The van der Waals surface area contributed by atoms with Gasteiger partial charge in [-0.25, -0.2) is 22.2 Å². The number of sulfonamides is 1. The number of ether oxygens (including phenoxy) is 1. The Kier molecular flexibility index (Phi) is 5.29. The molecule has 3 aromatic heterocycles. The number of nitrogens with zero attached hydrogens (tertiary/aromatic N) is 6. The number of hydrogen-bond acceptors (Lipinski definition) is 9. The van der Waals surface area contributed by atoms with Gasteiger partial charge >= 0.3 is 0 Å². The molecule has 0 radical (unpaired) electrons. The molecule has 1 aliphatic heterocycles. The zero-order valence-electron chi connectivity index (χ0n) is 18.4. The molecule has 0 amide bonds. The van der Waals surface area contributed by atoms with Crippen molar-refractivity contribution >= 4 is 32.6 Å². The van der Waals surface area contributed by atoms with Gasteiger partial charge in [0.25, 0.3) is 6.43 Å². The molecule has 3 fully saturated rings. The minimum absolute atomic E-state index is 0.0413. The smallest absolute Gasteiger partial charge is 0.291 e. The van der Waals surface area contributed by atoms with Gasteiger partial charge in [-0.1, -0.05) is 11.3 Å². The summed E-state index contributed by atoms with van der Waals surface area (Å²) in [5, 5.41) is 16.5. The molecule has 3 aromatic rings. The van der Waals surface area contributed by atoms with Gasteiger partial charge in [0.2, 0.25) is 10.0 Å². The van der Waals surface area contributed by atoms with Crippen molar-refractivity contribution in [2.24, 2.45) is 5.92 Å². The van der Waals surface area contributed by atoms with Gasteiger partial charge in [-0.2, -0.15) is 9.98 Å². The number of hydrogen-bond donors (Lipinski definition) is 1. The van der Waals surface area contributed by atoms with Crippen molar-refractivity contribution in [3.05, 3.63) is 23.5 Å². The molecule has 14 heteroatoms. The lowest BCUT2D eigenvalue weighted by molar-refractivity contribution is 0.0880. The first-order valence-electron chi connectivity index (χ1n) is 11.2. The van der Waals surface area contributed by atoms with Crippen LogP contribution in [0.15, 0.2) is 23.4 Å². The molecule has 0 aromatic carbocycles. The Bertz CT molecular complexity index is 1440. The summed E-state index contributed by atoms with van der Waals surface area (Å²) in [6.45, 7) is 1.61. The number of nitrogens with one attached hydrogen (secondary N) is 1. The van der Waals surface area contributed by atoms with E-state index in [1.54, 1.807) is 16.7 Å². The average molecular weight is 522 g/mol. The lowest BCUT2D eigenvalue weighted by atomic mass is 10.1. The molecular formula is C21H21F2N7O3S2. The second-order valence-corrected chi connectivity index (χ2v) is 11.8. The third-order valence-electron chi connectivity index (χ3n) is 6.66. The summed E-state index contributed by atoms with van der Waals surface area (Å²) >= 11 is 0.710. The second kappa shape index (κ2) is 8.16. The van der Waals surface area contributed by atoms with Crippen LogP contribution in [0.1, 0.15) is 37.1 Å². The molecule has 1 atom stereocenters. The number of pyridine rings is 1. The standard InChI is InChI=1S/C21H21F2N7O3S2/c22-17(23)19-26-27-20(34-19)18-25-8-15-14(29-5-6-33-10-16(29)12-1-2-12)7-13(9-30(15)18)35(31,32)28-21(11-24)3-4-21/h7-9,12,16-17,28H,1-6,10H2. The summed E-state index contributed by atoms with van der Waals surface area (Å²) in [6, 6.07) is 3.74. The van der Waals surface area contributed by atoms with Crippen LogP contribution >= 0.6 is 11.3 Å². The number of halogens is 2. The van der Waals surface area contributed by atoms with Crippen molar-refractivity contribution in [2.75, 3.05) is 24.7 Å². The van der Waals surface area contributed by atoms with Gasteiger partial charge in [0.15, 0.2) is 15.8 Å². The number of rotatable bonds is 7. The first-order chi connectivity index (χ1) is 16.8. The molecule has 184 valence electrons. The normalized spacial score (nSPS) is 22.0. The van der Waals surface area contributed by atoms with Crippen molar-refractivity contribution in [1.29, 1.82) is 5.26 Å². The molecule has 1 N–H and O–H groups in total. The molecule has 1 unspecified atom stereocenters. The van der Waals surface area contributed by atoms with Gasteiger partial charge in [0, 0.05) is 12.7 Å². The summed E-state index contributed by atoms with van der Waals surface area (Å²) in [5.41, 5.74) is 0.195. The van der Waals surface area contributed by atoms with E-state index in [-0.39, 0.29) is 21.8 Å². The Morgan fingerprint density at radius 3 is 2.77 bits per heavy atom. The Labute approximate surface area is 203 Å². The van der Waals surface area contributed by atoms with Crippen molar-refractivity contribution in [3.63, 3.8) is 0 Å². The van der Waals surface area contributed by atoms with Gasteiger partial charge in [0.1, 0.15) is 10.4 Å². The topological polar surface area (TPSA) is 126 Å². The van der Waals surface area contributed by atoms with Crippen molar-refractivity contribution in [3.8, 4) is 16.9 Å². The predicted molar refractivity (Wildman–Crippen MR) is 122 cm³/mol. The highest BCUT2D eigenvalue weighted by molar-refractivity contribution is 7.89. The van der Waals surface area contributed by atoms with Crippen LogP contribution in [0.2, 0.25) is 0 Å². The van der Waals surface area contributed by atoms with Crippen LogP contribution in [0.25, 0.3) is 16.3 Å². The highest BCUT2D eigenvalue weighted by atomic mass is 32.2. The van der Waals surface area contributed by atoms with Crippen LogP contribution in [-0.2, 0) is 14.8 Å². The number of imidazole rings is 1. The molecule has 1 saturated heterocycles. The minimum Gasteiger partial charge on any atom is -0.377 e. The van der Waals surface area contributed by atoms with E-state index in [2.05, 4.69) is 24.8 Å². The monoisotopic (exact) mass is 521 g/mol. The van der Waals surface area contributed by atoms with Gasteiger partial charge in [0.05, 0.1) is 42.7 Å². The maximum atomic E-state index is 13.4. The Morgan fingerprint density at radius 1 is 1.31 bits per heavy atom. The summed E-state index contributed by atoms with van der Waals surface area (Å²) < 4.78 is 62.8. The quantitative estimate of drug-likeness (QED) is 0.503. The largest absolute Gasteiger partial charge is 0.377 e. The van der Waals surface area contributed by atoms with E-state index in [4.69, 9.17) is 4.74 Å². The molecule has 10 nitrogen and oxygen atoms in total. The maximum Gasteiger partial charge on any atom is 0.291 e. The second-order valence-electron chi connectivity index (χ2n) is 9.12. The molecule has 2 saturated carbocycles. The number of morpholine rings is 1. The third kappa shape index (κ3) is 4.06. The van der Waals surface area contributed by atoms with Gasteiger partial charge in [-0.3, -0.25) is 4.40 Å². The van der Waals surface area contributed by atoms with Crippen molar-refractivity contribution < 1.29 is 21.9 Å². The molecule has 0 spiro atoms. The Balaban J connectivity index is 1.51. The van der Waals surface area contributed by atoms with E-state index in [0.29, 0.717) is 61.1 Å². The maximum absolute atomic E-state index is 13.4. The minimum atomic E-state index is -4.06. The van der Waals surface area contributed by atoms with E-state index in [1.165, 1.54) is 6.20 Å². The van der Waals surface area contributed by atoms with Crippen LogP contribution in [-0.4, -0.2) is 59.3 Å². The fourth-order valence-corrected chi connectivity index (χ4v) is 6.56. The van der Waals surface area contributed by atoms with Crippen LogP contribution in [0, 0.1) is 17.2 Å². The molecule has 0 bridgehead atoms. The number of nitriles is 1. The van der Waals surface area contributed by atoms with E-state index >= 15 is 0 Å². The highest BCUT2D eigenvalue weighted by Crippen LogP contribution is 2.41. The van der Waals surface area contributed by atoms with E-state index in [9.17, 15) is 22.5 Å². The number of fused-ring (bicyclic) bond motifs is 1. The number of anilines is 1. The molecule has 6 rings (SSSR count). The van der Waals surface area contributed by atoms with Crippen LogP contribution < -0.4 is 9.62 Å². The zero-order valence-corrected chi connectivity index (χ0v) is 20.0. The van der Waals surface area contributed by atoms with Gasteiger partial charge in [-0.05, 0) is 37.7 Å². The Hall–Kier alpha value is -2.73. The predicted octanol–water partition coefficient (Wildman–Crippen LogP) is 2.74. The van der Waals surface area contributed by atoms with Gasteiger partial charge < -0.3 is 9.64 Å². The zero-order chi connectivity index (χ0) is 24.4. The lowest BCUT2D eigenvalue weighted by Gasteiger charge is -2.38. The van der Waals surface area contributed by atoms with Crippen molar-refractivity contribution in [1.82, 2.24) is 24.3 Å². The number of aromatic nitrogens is 4. The summed E-state index contributed by atoms with van der Waals surface area (Å²) in [5.74, 6) is 0.682. The summed E-state index contributed by atoms with van der Waals surface area (Å²) in [4.78, 5) is 6.52. The van der Waals surface area contributed by atoms with Gasteiger partial charge in [-0.15, -0.1) is 10.2 Å². The number of alkyl halides is 2. The SMILES string of the molecule is N#CC1(NS(=O)(=O)c2cc(N3CCOCC3C3CC3)c3cnc(-c4nnc(C(F)F)s4)n3c2)CC1. The van der Waals surface area contributed by atoms with Crippen LogP contribution in [0.4, 0.5) is 14.5 Å². The molecule has 3 aliphatic rings. The highest BCUT2D eigenvalue weighted by Gasteiger charge is 2.47. The Morgan fingerprint density at radius 2 is 2.11 bits per heavy atom. The first-order valence-corrected chi connectivity index (χ1v) is 13.5. The van der Waals surface area contributed by atoms with E-state index in [0.717, 1.165) is 12.8 Å². The summed E-state index contributed by atoms with van der Waals surface area (Å²) in [7, 11) is -4.06.